The van der Waals surface area contributed by atoms with Crippen LogP contribution >= 0.6 is 0 Å². The van der Waals surface area contributed by atoms with Gasteiger partial charge in [-0.25, -0.2) is 14.4 Å². The molecule has 8 heteroatoms. The molecule has 0 radical (unpaired) electrons. The van der Waals surface area contributed by atoms with E-state index in [1.807, 2.05) is 31.2 Å². The van der Waals surface area contributed by atoms with Gasteiger partial charge in [0.15, 0.2) is 0 Å². The number of benzene rings is 2. The fourth-order valence-electron chi connectivity index (χ4n) is 3.40. The van der Waals surface area contributed by atoms with Gasteiger partial charge in [0.2, 0.25) is 0 Å². The van der Waals surface area contributed by atoms with E-state index in [0.29, 0.717) is 18.1 Å². The van der Waals surface area contributed by atoms with Gasteiger partial charge in [0.1, 0.15) is 35.3 Å². The molecule has 0 unspecified atom stereocenters. The lowest BCUT2D eigenvalue weighted by Crippen LogP contribution is -2.50. The molecule has 156 valence electrons. The second kappa shape index (κ2) is 8.23. The molecule has 0 bridgehead atoms. The first-order valence-corrected chi connectivity index (χ1v) is 10.1. The lowest BCUT2D eigenvalue weighted by Gasteiger charge is -2.28. The predicted octanol–water partition coefficient (Wildman–Crippen LogP) is 3.50. The largest absolute Gasteiger partial charge is 0.485 e. The highest BCUT2D eigenvalue weighted by molar-refractivity contribution is 5.96. The zero-order valence-electron chi connectivity index (χ0n) is 17.0. The number of anilines is 1. The number of hydrogen-bond donors (Lipinski definition) is 2. The Morgan fingerprint density at radius 2 is 1.87 bits per heavy atom. The third-order valence-electron chi connectivity index (χ3n) is 5.21. The SMILES string of the molecule is Cc1ccc(CNc2ncnc3c(OC4CNC4)cc(-c4ccc(F)cc4)cc23)nn1. The van der Waals surface area contributed by atoms with Crippen LogP contribution in [0.2, 0.25) is 0 Å². The van der Waals surface area contributed by atoms with Gasteiger partial charge < -0.3 is 15.4 Å². The molecule has 0 amide bonds. The maximum absolute atomic E-state index is 13.4. The molecule has 31 heavy (non-hydrogen) atoms. The van der Waals surface area contributed by atoms with E-state index in [1.54, 1.807) is 12.1 Å². The van der Waals surface area contributed by atoms with E-state index in [2.05, 4.69) is 30.8 Å². The highest BCUT2D eigenvalue weighted by Crippen LogP contribution is 2.35. The summed E-state index contributed by atoms with van der Waals surface area (Å²) in [6, 6.07) is 14.2. The van der Waals surface area contributed by atoms with Gasteiger partial charge in [-0.15, -0.1) is 0 Å². The van der Waals surface area contributed by atoms with E-state index >= 15 is 0 Å². The summed E-state index contributed by atoms with van der Waals surface area (Å²) >= 11 is 0. The summed E-state index contributed by atoms with van der Waals surface area (Å²) in [6.45, 7) is 3.97. The average molecular weight is 416 g/mol. The van der Waals surface area contributed by atoms with Gasteiger partial charge in [0.05, 0.1) is 17.9 Å². The van der Waals surface area contributed by atoms with Crippen molar-refractivity contribution in [3.8, 4) is 16.9 Å². The van der Waals surface area contributed by atoms with E-state index < -0.39 is 0 Å². The maximum Gasteiger partial charge on any atom is 0.146 e. The number of nitrogens with zero attached hydrogens (tertiary/aromatic N) is 4. The van der Waals surface area contributed by atoms with Crippen molar-refractivity contribution < 1.29 is 9.13 Å². The molecule has 7 nitrogen and oxygen atoms in total. The number of fused-ring (bicyclic) bond motifs is 1. The van der Waals surface area contributed by atoms with Gasteiger partial charge in [0, 0.05) is 18.5 Å². The molecule has 2 N–H and O–H groups in total. The third-order valence-corrected chi connectivity index (χ3v) is 5.21. The van der Waals surface area contributed by atoms with Crippen LogP contribution in [0.4, 0.5) is 10.2 Å². The second-order valence-corrected chi connectivity index (χ2v) is 7.52. The summed E-state index contributed by atoms with van der Waals surface area (Å²) in [5.41, 5.74) is 4.20. The van der Waals surface area contributed by atoms with Crippen molar-refractivity contribution in [2.75, 3.05) is 18.4 Å². The van der Waals surface area contributed by atoms with Crippen LogP contribution in [0.15, 0.2) is 54.9 Å². The van der Waals surface area contributed by atoms with Crippen molar-refractivity contribution in [3.05, 3.63) is 72.1 Å². The molecule has 0 atom stereocenters. The number of aromatic nitrogens is 4. The quantitative estimate of drug-likeness (QED) is 0.498. The molecule has 2 aromatic heterocycles. The van der Waals surface area contributed by atoms with E-state index in [-0.39, 0.29) is 11.9 Å². The van der Waals surface area contributed by atoms with Crippen molar-refractivity contribution in [3.63, 3.8) is 0 Å². The zero-order chi connectivity index (χ0) is 21.2. The number of rotatable bonds is 6. The van der Waals surface area contributed by atoms with Crippen molar-refractivity contribution in [2.24, 2.45) is 0 Å². The van der Waals surface area contributed by atoms with Crippen LogP contribution in [0.25, 0.3) is 22.0 Å². The van der Waals surface area contributed by atoms with Crippen LogP contribution in [0.3, 0.4) is 0 Å². The highest BCUT2D eigenvalue weighted by Gasteiger charge is 2.21. The molecule has 2 aromatic carbocycles. The molecule has 1 aliphatic rings. The second-order valence-electron chi connectivity index (χ2n) is 7.52. The zero-order valence-corrected chi connectivity index (χ0v) is 17.0. The monoisotopic (exact) mass is 416 g/mol. The summed E-state index contributed by atoms with van der Waals surface area (Å²) in [6.07, 6.45) is 1.62. The molecule has 1 fully saturated rings. The van der Waals surface area contributed by atoms with Gasteiger partial charge >= 0.3 is 0 Å². The van der Waals surface area contributed by atoms with E-state index in [1.165, 1.54) is 18.5 Å². The lowest BCUT2D eigenvalue weighted by atomic mass is 10.0. The molecule has 0 aliphatic carbocycles. The first-order chi connectivity index (χ1) is 15.2. The molecular weight excluding hydrogens is 395 g/mol. The maximum atomic E-state index is 13.4. The normalized spacial score (nSPS) is 13.7. The summed E-state index contributed by atoms with van der Waals surface area (Å²) in [5, 5.41) is 15.7. The molecule has 4 aromatic rings. The topological polar surface area (TPSA) is 84.9 Å². The first-order valence-electron chi connectivity index (χ1n) is 10.1. The van der Waals surface area contributed by atoms with Crippen LogP contribution in [0, 0.1) is 12.7 Å². The van der Waals surface area contributed by atoms with Gasteiger partial charge in [0.25, 0.3) is 0 Å². The molecule has 0 saturated carbocycles. The summed E-state index contributed by atoms with van der Waals surface area (Å²) in [7, 11) is 0. The Morgan fingerprint density at radius 3 is 2.58 bits per heavy atom. The van der Waals surface area contributed by atoms with Gasteiger partial charge in [-0.1, -0.05) is 12.1 Å². The van der Waals surface area contributed by atoms with Crippen molar-refractivity contribution in [2.45, 2.75) is 19.6 Å². The van der Waals surface area contributed by atoms with Gasteiger partial charge in [-0.2, -0.15) is 10.2 Å². The van der Waals surface area contributed by atoms with Crippen LogP contribution in [-0.2, 0) is 6.54 Å². The summed E-state index contributed by atoms with van der Waals surface area (Å²) < 4.78 is 19.6. The standard InChI is InChI=1S/C23H21FN6O/c1-14-2-7-18(30-29-14)10-26-23-20-8-16(15-3-5-17(24)6-4-15)9-21(22(20)27-13-28-23)31-19-11-25-12-19/h2-9,13,19,25H,10-12H2,1H3,(H,26,27,28). The molecule has 0 spiro atoms. The number of aryl methyl sites for hydroxylation is 1. The molecule has 1 aliphatic heterocycles. The predicted molar refractivity (Wildman–Crippen MR) is 116 cm³/mol. The smallest absolute Gasteiger partial charge is 0.146 e. The third kappa shape index (κ3) is 4.15. The molecule has 3 heterocycles. The number of halogens is 1. The average Bonchev–Trinajstić information content (AvgIpc) is 2.76. The minimum absolute atomic E-state index is 0.0980. The Labute approximate surface area is 178 Å². The van der Waals surface area contributed by atoms with Gasteiger partial charge in [-0.3, -0.25) is 0 Å². The lowest BCUT2D eigenvalue weighted by molar-refractivity contribution is 0.144. The fourth-order valence-corrected chi connectivity index (χ4v) is 3.40. The Morgan fingerprint density at radius 1 is 1.03 bits per heavy atom. The first kappa shape index (κ1) is 19.3. The number of ether oxygens (including phenoxy) is 1. The summed E-state index contributed by atoms with van der Waals surface area (Å²) in [5.74, 6) is 1.09. The molecule has 1 saturated heterocycles. The van der Waals surface area contributed by atoms with Crippen molar-refractivity contribution in [1.82, 2.24) is 25.5 Å². The molecular formula is C23H21FN6O. The van der Waals surface area contributed by atoms with Crippen molar-refractivity contribution >= 4 is 16.7 Å². The Hall–Kier alpha value is -3.65. The van der Waals surface area contributed by atoms with Crippen LogP contribution < -0.4 is 15.4 Å². The highest BCUT2D eigenvalue weighted by atomic mass is 19.1. The van der Waals surface area contributed by atoms with Crippen LogP contribution in [-0.4, -0.2) is 39.4 Å². The van der Waals surface area contributed by atoms with Crippen LogP contribution in [0.5, 0.6) is 5.75 Å². The molecule has 5 rings (SSSR count). The minimum atomic E-state index is -0.272. The minimum Gasteiger partial charge on any atom is -0.485 e. The van der Waals surface area contributed by atoms with Crippen LogP contribution in [0.1, 0.15) is 11.4 Å². The number of nitrogens with one attached hydrogen (secondary N) is 2. The van der Waals surface area contributed by atoms with E-state index in [4.69, 9.17) is 4.74 Å². The Bertz CT molecular complexity index is 1210. The number of hydrogen-bond acceptors (Lipinski definition) is 7. The van der Waals surface area contributed by atoms with E-state index in [0.717, 1.165) is 46.5 Å². The Kier molecular flexibility index (Phi) is 5.13. The van der Waals surface area contributed by atoms with E-state index in [9.17, 15) is 4.39 Å². The van der Waals surface area contributed by atoms with Gasteiger partial charge in [-0.05, 0) is 54.4 Å². The fraction of sp³-hybridized carbons (Fsp3) is 0.217. The summed E-state index contributed by atoms with van der Waals surface area (Å²) in [4.78, 5) is 8.93. The Balaban J connectivity index is 1.55. The van der Waals surface area contributed by atoms with Crippen molar-refractivity contribution in [1.29, 1.82) is 0 Å².